The predicted octanol–water partition coefficient (Wildman–Crippen LogP) is 3.40. The predicted molar refractivity (Wildman–Crippen MR) is 85.1 cm³/mol. The molecule has 126 valence electrons. The first-order chi connectivity index (χ1) is 11.6. The maximum atomic E-state index is 13.4. The van der Waals surface area contributed by atoms with Gasteiger partial charge in [-0.15, -0.1) is 0 Å². The Hall–Kier alpha value is -2.89. The molecular formula is C18H17FO5. The zero-order valence-corrected chi connectivity index (χ0v) is 13.4. The number of benzene rings is 2. The van der Waals surface area contributed by atoms with E-state index in [1.807, 2.05) is 6.92 Å². The van der Waals surface area contributed by atoms with Crippen LogP contribution < -0.4 is 9.47 Å². The molecule has 0 aliphatic rings. The summed E-state index contributed by atoms with van der Waals surface area (Å²) >= 11 is 0. The molecule has 0 heterocycles. The Morgan fingerprint density at radius 1 is 1.12 bits per heavy atom. The first kappa shape index (κ1) is 17.5. The van der Waals surface area contributed by atoms with Crippen LogP contribution in [0, 0.1) is 5.82 Å². The molecule has 6 heteroatoms. The van der Waals surface area contributed by atoms with Gasteiger partial charge < -0.3 is 14.2 Å². The van der Waals surface area contributed by atoms with Crippen molar-refractivity contribution in [3.05, 3.63) is 58.9 Å². The minimum absolute atomic E-state index is 0.0191. The van der Waals surface area contributed by atoms with E-state index in [2.05, 4.69) is 4.74 Å². The van der Waals surface area contributed by atoms with E-state index in [4.69, 9.17) is 9.47 Å². The highest BCUT2D eigenvalue weighted by Crippen LogP contribution is 2.29. The molecule has 0 bridgehead atoms. The quantitative estimate of drug-likeness (QED) is 0.574. The Morgan fingerprint density at radius 3 is 2.58 bits per heavy atom. The summed E-state index contributed by atoms with van der Waals surface area (Å²) in [5, 5.41) is 0. The van der Waals surface area contributed by atoms with Crippen LogP contribution in [0.1, 0.15) is 33.2 Å². The Kier molecular flexibility index (Phi) is 5.89. The van der Waals surface area contributed by atoms with Crippen LogP contribution in [0.5, 0.6) is 11.5 Å². The summed E-state index contributed by atoms with van der Waals surface area (Å²) < 4.78 is 29.1. The van der Waals surface area contributed by atoms with Crippen molar-refractivity contribution < 1.29 is 28.2 Å². The lowest BCUT2D eigenvalue weighted by molar-refractivity contribution is 0.0597. The van der Waals surface area contributed by atoms with Crippen LogP contribution in [0.25, 0.3) is 0 Å². The summed E-state index contributed by atoms with van der Waals surface area (Å²) in [4.78, 5) is 22.6. The smallest absolute Gasteiger partial charge is 0.338 e. The van der Waals surface area contributed by atoms with E-state index in [1.54, 1.807) is 18.2 Å². The maximum absolute atomic E-state index is 13.4. The number of hydrogen-bond acceptors (Lipinski definition) is 5. The molecule has 0 aliphatic heterocycles. The highest BCUT2D eigenvalue weighted by Gasteiger charge is 2.14. The third-order valence-electron chi connectivity index (χ3n) is 3.26. The molecule has 2 aromatic rings. The molecule has 0 radical (unpaired) electrons. The van der Waals surface area contributed by atoms with Gasteiger partial charge in [-0.3, -0.25) is 4.79 Å². The number of halogens is 1. The topological polar surface area (TPSA) is 61.8 Å². The first-order valence-corrected chi connectivity index (χ1v) is 7.30. The Bertz CT molecular complexity index is 742. The van der Waals surface area contributed by atoms with Crippen LogP contribution in [0.3, 0.4) is 0 Å². The zero-order chi connectivity index (χ0) is 17.5. The summed E-state index contributed by atoms with van der Waals surface area (Å²) in [6.45, 7) is 2.24. The standard InChI is InChI=1S/C18H17FO5/c1-3-23-17-8-12(10-20)4-7-16(17)24-11-13-5-6-14(19)9-15(13)18(21)22-2/h4-10H,3,11H2,1-2H3. The fourth-order valence-electron chi connectivity index (χ4n) is 2.12. The van der Waals surface area contributed by atoms with E-state index >= 15 is 0 Å². The first-order valence-electron chi connectivity index (χ1n) is 7.30. The van der Waals surface area contributed by atoms with Crippen LogP contribution in [0.4, 0.5) is 4.39 Å². The van der Waals surface area contributed by atoms with Crippen LogP contribution >= 0.6 is 0 Å². The van der Waals surface area contributed by atoms with Crippen LogP contribution in [0.15, 0.2) is 36.4 Å². The Labute approximate surface area is 139 Å². The van der Waals surface area contributed by atoms with Gasteiger partial charge in [0.1, 0.15) is 18.7 Å². The van der Waals surface area contributed by atoms with E-state index < -0.39 is 11.8 Å². The summed E-state index contributed by atoms with van der Waals surface area (Å²) in [7, 11) is 1.23. The molecule has 0 spiro atoms. The molecule has 0 fully saturated rings. The molecule has 24 heavy (non-hydrogen) atoms. The van der Waals surface area contributed by atoms with Gasteiger partial charge in [0.2, 0.25) is 0 Å². The zero-order valence-electron chi connectivity index (χ0n) is 13.4. The normalized spacial score (nSPS) is 10.1. The van der Waals surface area contributed by atoms with Gasteiger partial charge in [0.05, 0.1) is 19.3 Å². The molecular weight excluding hydrogens is 315 g/mol. The van der Waals surface area contributed by atoms with Gasteiger partial charge in [0, 0.05) is 11.1 Å². The van der Waals surface area contributed by atoms with Crippen LogP contribution in [-0.4, -0.2) is 26.0 Å². The van der Waals surface area contributed by atoms with Gasteiger partial charge in [0.25, 0.3) is 0 Å². The minimum Gasteiger partial charge on any atom is -0.490 e. The summed E-state index contributed by atoms with van der Waals surface area (Å²) in [6.07, 6.45) is 0.710. The second-order valence-corrected chi connectivity index (χ2v) is 4.84. The van der Waals surface area contributed by atoms with Gasteiger partial charge >= 0.3 is 5.97 Å². The van der Waals surface area contributed by atoms with Crippen molar-refractivity contribution in [1.29, 1.82) is 0 Å². The summed E-state index contributed by atoms with van der Waals surface area (Å²) in [5.74, 6) is -0.342. The lowest BCUT2D eigenvalue weighted by Gasteiger charge is -2.14. The number of hydrogen-bond donors (Lipinski definition) is 0. The number of methoxy groups -OCH3 is 1. The lowest BCUT2D eigenvalue weighted by atomic mass is 10.1. The maximum Gasteiger partial charge on any atom is 0.338 e. The molecule has 0 unspecified atom stereocenters. The fourth-order valence-corrected chi connectivity index (χ4v) is 2.12. The monoisotopic (exact) mass is 332 g/mol. The second-order valence-electron chi connectivity index (χ2n) is 4.84. The molecule has 2 aromatic carbocycles. The van der Waals surface area contributed by atoms with E-state index in [0.717, 1.165) is 6.07 Å². The van der Waals surface area contributed by atoms with Gasteiger partial charge in [-0.05, 0) is 37.3 Å². The minimum atomic E-state index is -0.644. The fraction of sp³-hybridized carbons (Fsp3) is 0.222. The van der Waals surface area contributed by atoms with Gasteiger partial charge in [-0.25, -0.2) is 9.18 Å². The number of carbonyl (C=O) groups excluding carboxylic acids is 2. The van der Waals surface area contributed by atoms with Crippen molar-refractivity contribution in [3.63, 3.8) is 0 Å². The molecule has 2 rings (SSSR count). The molecule has 0 saturated heterocycles. The summed E-state index contributed by atoms with van der Waals surface area (Å²) in [5.41, 5.74) is 1.04. The number of rotatable bonds is 7. The Balaban J connectivity index is 2.25. The van der Waals surface area contributed by atoms with Gasteiger partial charge in [-0.1, -0.05) is 6.07 Å². The molecule has 0 amide bonds. The largest absolute Gasteiger partial charge is 0.490 e. The highest BCUT2D eigenvalue weighted by atomic mass is 19.1. The number of aldehydes is 1. The second kappa shape index (κ2) is 8.10. The molecule has 0 N–H and O–H groups in total. The Morgan fingerprint density at radius 2 is 1.92 bits per heavy atom. The average molecular weight is 332 g/mol. The number of ether oxygens (including phenoxy) is 3. The van der Waals surface area contributed by atoms with Gasteiger partial charge in [0.15, 0.2) is 11.5 Å². The van der Waals surface area contributed by atoms with E-state index in [9.17, 15) is 14.0 Å². The molecule has 0 saturated carbocycles. The van der Waals surface area contributed by atoms with Crippen molar-refractivity contribution >= 4 is 12.3 Å². The van der Waals surface area contributed by atoms with Gasteiger partial charge in [-0.2, -0.15) is 0 Å². The van der Waals surface area contributed by atoms with Crippen molar-refractivity contribution in [3.8, 4) is 11.5 Å². The molecule has 5 nitrogen and oxygen atoms in total. The van der Waals surface area contributed by atoms with Crippen molar-refractivity contribution in [2.75, 3.05) is 13.7 Å². The lowest BCUT2D eigenvalue weighted by Crippen LogP contribution is -2.09. The van der Waals surface area contributed by atoms with Crippen molar-refractivity contribution in [2.45, 2.75) is 13.5 Å². The molecule has 0 aromatic heterocycles. The van der Waals surface area contributed by atoms with Crippen LogP contribution in [0.2, 0.25) is 0 Å². The number of esters is 1. The van der Waals surface area contributed by atoms with Crippen molar-refractivity contribution in [2.24, 2.45) is 0 Å². The van der Waals surface area contributed by atoms with Crippen molar-refractivity contribution in [1.82, 2.24) is 0 Å². The van der Waals surface area contributed by atoms with E-state index in [0.29, 0.717) is 35.5 Å². The third kappa shape index (κ3) is 4.10. The molecule has 0 atom stereocenters. The number of carbonyl (C=O) groups is 2. The SMILES string of the molecule is CCOc1cc(C=O)ccc1OCc1ccc(F)cc1C(=O)OC. The molecule has 0 aliphatic carbocycles. The van der Waals surface area contributed by atoms with E-state index in [-0.39, 0.29) is 12.2 Å². The third-order valence-corrected chi connectivity index (χ3v) is 3.26. The van der Waals surface area contributed by atoms with E-state index in [1.165, 1.54) is 19.2 Å². The summed E-state index contributed by atoms with van der Waals surface area (Å²) in [6, 6.07) is 8.57. The average Bonchev–Trinajstić information content (AvgIpc) is 2.60. The van der Waals surface area contributed by atoms with Crippen LogP contribution in [-0.2, 0) is 11.3 Å². The highest BCUT2D eigenvalue weighted by molar-refractivity contribution is 5.91.